The molecule has 4 nitrogen and oxygen atoms in total. The molecule has 5 heteroatoms. The Labute approximate surface area is 137 Å². The Morgan fingerprint density at radius 2 is 2.09 bits per heavy atom. The minimum Gasteiger partial charge on any atom is -0.486 e. The van der Waals surface area contributed by atoms with E-state index in [4.69, 9.17) is 26.8 Å². The van der Waals surface area contributed by atoms with Crippen LogP contribution >= 0.6 is 11.6 Å². The predicted octanol–water partition coefficient (Wildman–Crippen LogP) is 3.19. The second-order valence-corrected chi connectivity index (χ2v) is 7.06. The first-order valence-corrected chi connectivity index (χ1v) is 8.42. The van der Waals surface area contributed by atoms with Crippen LogP contribution in [0.2, 0.25) is 5.02 Å². The van der Waals surface area contributed by atoms with Crippen LogP contribution < -0.4 is 15.2 Å². The van der Waals surface area contributed by atoms with Gasteiger partial charge in [-0.1, -0.05) is 25.4 Å². The van der Waals surface area contributed by atoms with Gasteiger partial charge in [-0.3, -0.25) is 4.90 Å². The van der Waals surface area contributed by atoms with Crippen molar-refractivity contribution in [2.45, 2.75) is 32.2 Å². The zero-order valence-corrected chi connectivity index (χ0v) is 14.3. The van der Waals surface area contributed by atoms with Crippen molar-refractivity contribution in [2.24, 2.45) is 11.7 Å². The third-order valence-electron chi connectivity index (χ3n) is 4.74. The summed E-state index contributed by atoms with van der Waals surface area (Å²) in [6, 6.07) is 2.22. The van der Waals surface area contributed by atoms with Crippen LogP contribution in [0.15, 0.2) is 6.07 Å². The van der Waals surface area contributed by atoms with E-state index in [-0.39, 0.29) is 0 Å². The molecule has 3 rings (SSSR count). The standard InChI is InChI=1S/C17H25ClN2O2/c1-10(2)15-16(13-6-11(8-19)9-20(13)3)12(18)7-14-17(15)22-5-4-21-14/h7,10-11,13H,4-6,8-9,19H2,1-3H3. The molecule has 1 saturated heterocycles. The van der Waals surface area contributed by atoms with Gasteiger partial charge in [-0.15, -0.1) is 0 Å². The van der Waals surface area contributed by atoms with E-state index in [1.165, 1.54) is 11.1 Å². The first-order chi connectivity index (χ1) is 10.5. The normalized spacial score (nSPS) is 25.0. The van der Waals surface area contributed by atoms with Gasteiger partial charge in [-0.25, -0.2) is 0 Å². The van der Waals surface area contributed by atoms with Crippen LogP contribution in [0.4, 0.5) is 0 Å². The molecule has 22 heavy (non-hydrogen) atoms. The second-order valence-electron chi connectivity index (χ2n) is 6.66. The van der Waals surface area contributed by atoms with E-state index in [1.54, 1.807) is 0 Å². The lowest BCUT2D eigenvalue weighted by Crippen LogP contribution is -2.23. The smallest absolute Gasteiger partial charge is 0.165 e. The first kappa shape index (κ1) is 15.9. The molecule has 2 aliphatic heterocycles. The Hall–Kier alpha value is -0.970. The highest BCUT2D eigenvalue weighted by molar-refractivity contribution is 6.31. The summed E-state index contributed by atoms with van der Waals surface area (Å²) in [7, 11) is 2.15. The van der Waals surface area contributed by atoms with Crippen molar-refractivity contribution in [3.8, 4) is 11.5 Å². The molecule has 2 unspecified atom stereocenters. The van der Waals surface area contributed by atoms with E-state index in [1.807, 2.05) is 6.07 Å². The van der Waals surface area contributed by atoms with Gasteiger partial charge in [0.05, 0.1) is 0 Å². The lowest BCUT2D eigenvalue weighted by molar-refractivity contribution is 0.168. The molecule has 0 amide bonds. The number of nitrogens with zero attached hydrogens (tertiary/aromatic N) is 1. The summed E-state index contributed by atoms with van der Waals surface area (Å²) in [6.45, 7) is 7.29. The van der Waals surface area contributed by atoms with Gasteiger partial charge in [0, 0.05) is 29.2 Å². The summed E-state index contributed by atoms with van der Waals surface area (Å²) in [5.41, 5.74) is 8.26. The molecule has 0 aromatic heterocycles. The van der Waals surface area contributed by atoms with Gasteiger partial charge in [0.1, 0.15) is 13.2 Å². The zero-order chi connectivity index (χ0) is 15.9. The number of nitrogens with two attached hydrogens (primary N) is 1. The summed E-state index contributed by atoms with van der Waals surface area (Å²) in [5.74, 6) is 2.51. The highest BCUT2D eigenvalue weighted by Crippen LogP contribution is 2.49. The van der Waals surface area contributed by atoms with E-state index < -0.39 is 0 Å². The monoisotopic (exact) mass is 324 g/mol. The third kappa shape index (κ3) is 2.68. The fourth-order valence-electron chi connectivity index (χ4n) is 3.72. The highest BCUT2D eigenvalue weighted by atomic mass is 35.5. The van der Waals surface area contributed by atoms with Crippen LogP contribution in [0.1, 0.15) is 43.4 Å². The Morgan fingerprint density at radius 1 is 1.36 bits per heavy atom. The van der Waals surface area contributed by atoms with Crippen molar-refractivity contribution in [3.05, 3.63) is 22.2 Å². The summed E-state index contributed by atoms with van der Waals surface area (Å²) >= 11 is 6.65. The molecule has 2 N–H and O–H groups in total. The fraction of sp³-hybridized carbons (Fsp3) is 0.647. The van der Waals surface area contributed by atoms with Crippen LogP contribution in [0.3, 0.4) is 0 Å². The van der Waals surface area contributed by atoms with Crippen molar-refractivity contribution in [1.29, 1.82) is 0 Å². The average Bonchev–Trinajstić information content (AvgIpc) is 2.86. The van der Waals surface area contributed by atoms with Crippen molar-refractivity contribution >= 4 is 11.6 Å². The van der Waals surface area contributed by atoms with Gasteiger partial charge in [-0.05, 0) is 37.4 Å². The Balaban J connectivity index is 2.10. The number of hydrogen-bond donors (Lipinski definition) is 1. The van der Waals surface area contributed by atoms with E-state index in [0.717, 1.165) is 36.0 Å². The number of likely N-dealkylation sites (tertiary alicyclic amines) is 1. The summed E-state index contributed by atoms with van der Waals surface area (Å²) in [5, 5.41) is 0.780. The van der Waals surface area contributed by atoms with Crippen molar-refractivity contribution < 1.29 is 9.47 Å². The minimum absolute atomic E-state index is 0.300. The highest BCUT2D eigenvalue weighted by Gasteiger charge is 2.35. The SMILES string of the molecule is CC(C)c1c2c(cc(Cl)c1C1CC(CN)CN1C)OCCO2. The van der Waals surface area contributed by atoms with E-state index in [9.17, 15) is 0 Å². The second kappa shape index (κ2) is 6.26. The molecule has 2 aliphatic rings. The number of fused-ring (bicyclic) bond motifs is 1. The van der Waals surface area contributed by atoms with Gasteiger partial charge in [-0.2, -0.15) is 0 Å². The van der Waals surface area contributed by atoms with Gasteiger partial charge in [0.25, 0.3) is 0 Å². The number of benzene rings is 1. The molecule has 0 spiro atoms. The zero-order valence-electron chi connectivity index (χ0n) is 13.6. The van der Waals surface area contributed by atoms with E-state index >= 15 is 0 Å². The molecule has 0 bridgehead atoms. The largest absolute Gasteiger partial charge is 0.486 e. The molecular formula is C17H25ClN2O2. The van der Waals surface area contributed by atoms with Crippen LogP contribution in [0, 0.1) is 5.92 Å². The molecule has 1 aromatic rings. The van der Waals surface area contributed by atoms with Crippen molar-refractivity contribution in [2.75, 3.05) is 33.4 Å². The quantitative estimate of drug-likeness (QED) is 0.927. The maximum Gasteiger partial charge on any atom is 0.165 e. The lowest BCUT2D eigenvalue weighted by atomic mass is 9.89. The molecule has 2 heterocycles. The Kier molecular flexibility index (Phi) is 4.53. The van der Waals surface area contributed by atoms with Crippen LogP contribution in [-0.2, 0) is 0 Å². The van der Waals surface area contributed by atoms with Crippen LogP contribution in [-0.4, -0.2) is 38.3 Å². The number of ether oxygens (including phenoxy) is 2. The molecule has 0 saturated carbocycles. The fourth-order valence-corrected chi connectivity index (χ4v) is 4.05. The summed E-state index contributed by atoms with van der Waals surface area (Å²) < 4.78 is 11.7. The van der Waals surface area contributed by atoms with Crippen molar-refractivity contribution in [3.63, 3.8) is 0 Å². The number of halogens is 1. The molecule has 1 fully saturated rings. The number of hydrogen-bond acceptors (Lipinski definition) is 4. The summed E-state index contributed by atoms with van der Waals surface area (Å²) in [6.07, 6.45) is 1.05. The molecule has 0 radical (unpaired) electrons. The molecule has 122 valence electrons. The lowest BCUT2D eigenvalue weighted by Gasteiger charge is -2.30. The van der Waals surface area contributed by atoms with E-state index in [0.29, 0.717) is 31.1 Å². The van der Waals surface area contributed by atoms with Crippen LogP contribution in [0.5, 0.6) is 11.5 Å². The summed E-state index contributed by atoms with van der Waals surface area (Å²) in [4.78, 5) is 2.36. The van der Waals surface area contributed by atoms with Gasteiger partial charge >= 0.3 is 0 Å². The Morgan fingerprint density at radius 3 is 2.73 bits per heavy atom. The molecular weight excluding hydrogens is 300 g/mol. The average molecular weight is 325 g/mol. The first-order valence-electron chi connectivity index (χ1n) is 8.05. The number of rotatable bonds is 3. The predicted molar refractivity (Wildman–Crippen MR) is 89.1 cm³/mol. The molecule has 1 aromatic carbocycles. The maximum atomic E-state index is 6.65. The molecule has 2 atom stereocenters. The third-order valence-corrected chi connectivity index (χ3v) is 5.05. The topological polar surface area (TPSA) is 47.7 Å². The molecule has 0 aliphatic carbocycles. The van der Waals surface area contributed by atoms with Gasteiger partial charge in [0.2, 0.25) is 0 Å². The minimum atomic E-state index is 0.300. The van der Waals surface area contributed by atoms with Crippen molar-refractivity contribution in [1.82, 2.24) is 4.90 Å². The van der Waals surface area contributed by atoms with Crippen LogP contribution in [0.25, 0.3) is 0 Å². The maximum absolute atomic E-state index is 6.65. The van der Waals surface area contributed by atoms with Gasteiger partial charge < -0.3 is 15.2 Å². The van der Waals surface area contributed by atoms with Gasteiger partial charge in [0.15, 0.2) is 11.5 Å². The Bertz CT molecular complexity index is 562. The van der Waals surface area contributed by atoms with E-state index in [2.05, 4.69) is 25.8 Å².